The van der Waals surface area contributed by atoms with Gasteiger partial charge >= 0.3 is 0 Å². The highest BCUT2D eigenvalue weighted by Gasteiger charge is 2.04. The lowest BCUT2D eigenvalue weighted by Gasteiger charge is -1.99. The second-order valence-corrected chi connectivity index (χ2v) is 3.83. The van der Waals surface area contributed by atoms with Crippen molar-refractivity contribution in [1.82, 2.24) is 29.0 Å². The molecule has 16 heavy (non-hydrogen) atoms. The Kier molecular flexibility index (Phi) is 2.65. The summed E-state index contributed by atoms with van der Waals surface area (Å²) in [5.41, 5.74) is 0. The van der Waals surface area contributed by atoms with Crippen LogP contribution in [0.3, 0.4) is 0 Å². The lowest BCUT2D eigenvalue weighted by Crippen LogP contribution is -2.07. The third-order valence-corrected chi connectivity index (χ3v) is 2.27. The van der Waals surface area contributed by atoms with Crippen molar-refractivity contribution in [1.29, 1.82) is 0 Å². The van der Waals surface area contributed by atoms with Gasteiger partial charge in [0.25, 0.3) is 11.7 Å². The van der Waals surface area contributed by atoms with Gasteiger partial charge in [-0.1, -0.05) is 0 Å². The van der Waals surface area contributed by atoms with Crippen LogP contribution >= 0.6 is 12.2 Å². The number of aliphatic imine (C=N–C) groups is 1. The van der Waals surface area contributed by atoms with E-state index in [2.05, 4.69) is 20.1 Å². The molecule has 0 aliphatic carbocycles. The van der Waals surface area contributed by atoms with Gasteiger partial charge in [-0.05, 0) is 12.2 Å². The zero-order chi connectivity index (χ0) is 11.7. The molecule has 0 spiro atoms. The molecule has 0 aromatic carbocycles. The van der Waals surface area contributed by atoms with E-state index in [1.807, 2.05) is 14.1 Å². The fraction of sp³-hybridized carbons (Fsp3) is 0.375. The minimum atomic E-state index is 0.346. The van der Waals surface area contributed by atoms with Gasteiger partial charge in [0.05, 0.1) is 6.34 Å². The number of rotatable bonds is 2. The van der Waals surface area contributed by atoms with Crippen LogP contribution in [-0.2, 0) is 7.05 Å². The van der Waals surface area contributed by atoms with Crippen LogP contribution in [0.25, 0.3) is 5.78 Å². The van der Waals surface area contributed by atoms with Crippen molar-refractivity contribution >= 4 is 30.3 Å². The average molecular weight is 237 g/mol. The number of nitrogens with zero attached hydrogens (tertiary/aromatic N) is 7. The fourth-order valence-electron chi connectivity index (χ4n) is 1.06. The molecular weight excluding hydrogens is 226 g/mol. The maximum atomic E-state index is 5.17. The second kappa shape index (κ2) is 3.97. The molecule has 0 aliphatic heterocycles. The molecule has 0 radical (unpaired) electrons. The Morgan fingerprint density at radius 1 is 1.50 bits per heavy atom. The molecule has 2 aromatic heterocycles. The molecule has 7 nitrogen and oxygen atoms in total. The average Bonchev–Trinajstić information content (AvgIpc) is 2.64. The summed E-state index contributed by atoms with van der Waals surface area (Å²) >= 11 is 5.17. The molecule has 0 bridgehead atoms. The third-order valence-electron chi connectivity index (χ3n) is 1.81. The summed E-state index contributed by atoms with van der Waals surface area (Å²) in [4.78, 5) is 14.1. The summed E-state index contributed by atoms with van der Waals surface area (Å²) in [6.45, 7) is 0. The largest absolute Gasteiger partial charge is 0.369 e. The monoisotopic (exact) mass is 237 g/mol. The molecule has 0 unspecified atom stereocenters. The highest BCUT2D eigenvalue weighted by Crippen LogP contribution is 2.05. The van der Waals surface area contributed by atoms with Crippen molar-refractivity contribution in [3.05, 3.63) is 11.1 Å². The molecule has 2 rings (SSSR count). The lowest BCUT2D eigenvalue weighted by atomic mass is 10.9. The molecule has 0 aliphatic rings. The van der Waals surface area contributed by atoms with Gasteiger partial charge in [-0.15, -0.1) is 5.10 Å². The minimum absolute atomic E-state index is 0.346. The van der Waals surface area contributed by atoms with Gasteiger partial charge in [0.2, 0.25) is 4.77 Å². The SMILES string of the molecule is CN(C)C=Nc1nc2ncn(C)c(=S)n2n1. The van der Waals surface area contributed by atoms with E-state index in [4.69, 9.17) is 12.2 Å². The smallest absolute Gasteiger partial charge is 0.272 e. The molecule has 0 saturated carbocycles. The summed E-state index contributed by atoms with van der Waals surface area (Å²) in [7, 11) is 5.55. The van der Waals surface area contributed by atoms with Gasteiger partial charge in [0.1, 0.15) is 6.33 Å². The Hall–Kier alpha value is -1.83. The Morgan fingerprint density at radius 3 is 2.94 bits per heavy atom. The van der Waals surface area contributed by atoms with Gasteiger partial charge in [-0.3, -0.25) is 0 Å². The number of aromatic nitrogens is 5. The maximum absolute atomic E-state index is 5.17. The molecule has 2 aromatic rings. The van der Waals surface area contributed by atoms with E-state index >= 15 is 0 Å². The first-order valence-corrected chi connectivity index (χ1v) is 4.98. The van der Waals surface area contributed by atoms with Gasteiger partial charge in [0, 0.05) is 21.1 Å². The summed E-state index contributed by atoms with van der Waals surface area (Å²) in [6, 6.07) is 0. The normalized spacial score (nSPS) is 11.4. The first-order valence-electron chi connectivity index (χ1n) is 4.57. The van der Waals surface area contributed by atoms with E-state index in [9.17, 15) is 0 Å². The topological polar surface area (TPSA) is 63.6 Å². The summed E-state index contributed by atoms with van der Waals surface area (Å²) in [5, 5.41) is 4.14. The molecule has 0 fully saturated rings. The van der Waals surface area contributed by atoms with E-state index in [1.54, 1.807) is 29.2 Å². The van der Waals surface area contributed by atoms with Crippen LogP contribution < -0.4 is 0 Å². The number of fused-ring (bicyclic) bond motifs is 1. The summed E-state index contributed by atoms with van der Waals surface area (Å²) in [6.07, 6.45) is 3.23. The van der Waals surface area contributed by atoms with Gasteiger partial charge < -0.3 is 9.47 Å². The quantitative estimate of drug-likeness (QED) is 0.430. The second-order valence-electron chi connectivity index (χ2n) is 3.47. The highest BCUT2D eigenvalue weighted by molar-refractivity contribution is 7.71. The van der Waals surface area contributed by atoms with Crippen molar-refractivity contribution in [2.75, 3.05) is 14.1 Å². The van der Waals surface area contributed by atoms with Crippen LogP contribution in [0.4, 0.5) is 5.95 Å². The summed E-state index contributed by atoms with van der Waals surface area (Å²) in [5.74, 6) is 0.799. The first kappa shape index (κ1) is 10.7. The number of hydrogen-bond acceptors (Lipinski definition) is 5. The van der Waals surface area contributed by atoms with E-state index in [0.29, 0.717) is 16.5 Å². The van der Waals surface area contributed by atoms with Crippen LogP contribution in [0.5, 0.6) is 0 Å². The van der Waals surface area contributed by atoms with Crippen LogP contribution in [0.1, 0.15) is 0 Å². The minimum Gasteiger partial charge on any atom is -0.369 e. The van der Waals surface area contributed by atoms with E-state index in [0.717, 1.165) is 0 Å². The van der Waals surface area contributed by atoms with Crippen molar-refractivity contribution in [3.63, 3.8) is 0 Å². The van der Waals surface area contributed by atoms with Crippen molar-refractivity contribution in [2.24, 2.45) is 12.0 Å². The van der Waals surface area contributed by atoms with Gasteiger partial charge in [-0.2, -0.15) is 9.50 Å². The maximum Gasteiger partial charge on any atom is 0.272 e. The van der Waals surface area contributed by atoms with Crippen LogP contribution in [0.2, 0.25) is 0 Å². The van der Waals surface area contributed by atoms with Gasteiger partial charge in [-0.25, -0.2) is 9.98 Å². The number of hydrogen-bond donors (Lipinski definition) is 0. The highest BCUT2D eigenvalue weighted by atomic mass is 32.1. The number of aryl methyl sites for hydroxylation is 1. The zero-order valence-electron chi connectivity index (χ0n) is 9.19. The molecule has 8 heteroatoms. The van der Waals surface area contributed by atoms with Crippen LogP contribution in [0.15, 0.2) is 11.3 Å². The van der Waals surface area contributed by atoms with E-state index < -0.39 is 0 Å². The molecule has 0 atom stereocenters. The van der Waals surface area contributed by atoms with E-state index in [1.165, 1.54) is 4.52 Å². The van der Waals surface area contributed by atoms with Gasteiger partial charge in [0.15, 0.2) is 0 Å². The van der Waals surface area contributed by atoms with Crippen molar-refractivity contribution in [3.8, 4) is 0 Å². The molecular formula is C8H11N7S. The fourth-order valence-corrected chi connectivity index (χ4v) is 1.23. The predicted molar refractivity (Wildman–Crippen MR) is 62.4 cm³/mol. The Balaban J connectivity index is 2.53. The predicted octanol–water partition coefficient (Wildman–Crippen LogP) is 0.414. The van der Waals surface area contributed by atoms with Crippen molar-refractivity contribution < 1.29 is 0 Å². The zero-order valence-corrected chi connectivity index (χ0v) is 10.0. The molecule has 0 amide bonds. The Bertz CT molecular complexity index is 594. The summed E-state index contributed by atoms with van der Waals surface area (Å²) < 4.78 is 3.71. The molecule has 84 valence electrons. The third kappa shape index (κ3) is 1.91. The van der Waals surface area contributed by atoms with Crippen LogP contribution in [0, 0.1) is 4.77 Å². The van der Waals surface area contributed by atoms with Crippen LogP contribution in [-0.4, -0.2) is 49.5 Å². The first-order chi connectivity index (χ1) is 7.58. The molecule has 0 N–H and O–H groups in total. The van der Waals surface area contributed by atoms with E-state index in [-0.39, 0.29) is 0 Å². The molecule has 0 saturated heterocycles. The Morgan fingerprint density at radius 2 is 2.25 bits per heavy atom. The standard InChI is InChI=1S/C8H11N7S/c1-13(2)4-9-6-11-7-10-5-14(3)8(16)15(7)12-6/h4-5H,1-3H3. The Labute approximate surface area is 97.1 Å². The molecule has 2 heterocycles. The van der Waals surface area contributed by atoms with Crippen molar-refractivity contribution in [2.45, 2.75) is 0 Å². The lowest BCUT2D eigenvalue weighted by molar-refractivity contribution is 0.642.